The Bertz CT molecular complexity index is 366. The van der Waals surface area contributed by atoms with Crippen LogP contribution < -0.4 is 0 Å². The van der Waals surface area contributed by atoms with E-state index in [0.717, 1.165) is 6.42 Å². The first-order valence-electron chi connectivity index (χ1n) is 6.21. The van der Waals surface area contributed by atoms with Crippen LogP contribution in [0.15, 0.2) is 12.2 Å². The molecule has 0 aromatic carbocycles. The van der Waals surface area contributed by atoms with Crippen LogP contribution >= 0.6 is 0 Å². The van der Waals surface area contributed by atoms with Gasteiger partial charge >= 0.3 is 12.1 Å². The highest BCUT2D eigenvalue weighted by atomic mass is 19.4. The molecule has 0 saturated heterocycles. The van der Waals surface area contributed by atoms with Crippen LogP contribution in [0.1, 0.15) is 46.0 Å². The van der Waals surface area contributed by atoms with Crippen molar-refractivity contribution in [3.8, 4) is 0 Å². The van der Waals surface area contributed by atoms with Gasteiger partial charge in [0.05, 0.1) is 0 Å². The molecule has 1 saturated carbocycles. The Morgan fingerprint density at radius 3 is 2.11 bits per heavy atom. The Balaban J connectivity index is 3.13. The van der Waals surface area contributed by atoms with Crippen molar-refractivity contribution < 1.29 is 27.8 Å². The minimum Gasteiger partial charge on any atom is -0.452 e. The number of halogens is 3. The third-order valence-electron chi connectivity index (χ3n) is 3.74. The van der Waals surface area contributed by atoms with Crippen LogP contribution in [0, 0.1) is 0 Å². The van der Waals surface area contributed by atoms with E-state index in [1.165, 1.54) is 6.92 Å². The zero-order chi connectivity index (χ0) is 14.9. The lowest BCUT2D eigenvalue weighted by molar-refractivity contribution is -0.318. The van der Waals surface area contributed by atoms with Gasteiger partial charge in [-0.1, -0.05) is 13.0 Å². The van der Waals surface area contributed by atoms with E-state index in [4.69, 9.17) is 4.74 Å². The topological polar surface area (TPSA) is 46.5 Å². The molecule has 1 unspecified atom stereocenters. The van der Waals surface area contributed by atoms with Crippen LogP contribution in [-0.4, -0.2) is 28.5 Å². The van der Waals surface area contributed by atoms with E-state index in [-0.39, 0.29) is 18.4 Å². The molecule has 110 valence electrons. The normalized spacial score (nSPS) is 22.4. The second kappa shape index (κ2) is 5.15. The van der Waals surface area contributed by atoms with Crippen molar-refractivity contribution in [1.29, 1.82) is 0 Å². The minimum atomic E-state index is -4.86. The second-order valence-corrected chi connectivity index (χ2v) is 5.29. The molecule has 6 heteroatoms. The van der Waals surface area contributed by atoms with E-state index in [9.17, 15) is 23.1 Å². The van der Waals surface area contributed by atoms with Gasteiger partial charge in [0.15, 0.2) is 5.60 Å². The maximum absolute atomic E-state index is 13.1. The van der Waals surface area contributed by atoms with Gasteiger partial charge in [0.25, 0.3) is 0 Å². The minimum absolute atomic E-state index is 0.00146. The fourth-order valence-electron chi connectivity index (χ4n) is 2.33. The molecule has 3 nitrogen and oxygen atoms in total. The van der Waals surface area contributed by atoms with Crippen LogP contribution in [0.3, 0.4) is 0 Å². The number of ether oxygens (including phenoxy) is 1. The predicted molar refractivity (Wildman–Crippen MR) is 63.4 cm³/mol. The van der Waals surface area contributed by atoms with Crippen LogP contribution in [0.5, 0.6) is 0 Å². The summed E-state index contributed by atoms with van der Waals surface area (Å²) in [6.45, 7) is 5.39. The Labute approximate surface area is 110 Å². The smallest absolute Gasteiger partial charge is 0.420 e. The first-order chi connectivity index (χ1) is 8.53. The van der Waals surface area contributed by atoms with Gasteiger partial charge in [-0.25, -0.2) is 4.79 Å². The third-order valence-corrected chi connectivity index (χ3v) is 3.74. The number of carbonyl (C=O) groups excluding carboxylic acids is 1. The summed E-state index contributed by atoms with van der Waals surface area (Å²) in [5.74, 6) is -0.897. The Kier molecular flexibility index (Phi) is 4.34. The van der Waals surface area contributed by atoms with Gasteiger partial charge in [0, 0.05) is 5.57 Å². The molecule has 0 radical (unpaired) electrons. The van der Waals surface area contributed by atoms with Gasteiger partial charge in [0.1, 0.15) is 5.60 Å². The molecule has 1 fully saturated rings. The summed E-state index contributed by atoms with van der Waals surface area (Å²) in [5.41, 5.74) is -4.96. The fraction of sp³-hybridized carbons (Fsp3) is 0.769. The quantitative estimate of drug-likeness (QED) is 0.638. The number of carbonyl (C=O) groups is 1. The van der Waals surface area contributed by atoms with Gasteiger partial charge in [-0.05, 0) is 39.5 Å². The predicted octanol–water partition coefficient (Wildman–Crippen LogP) is 3.12. The lowest BCUT2D eigenvalue weighted by atomic mass is 9.72. The first kappa shape index (κ1) is 16.0. The van der Waals surface area contributed by atoms with Gasteiger partial charge < -0.3 is 9.84 Å². The zero-order valence-electron chi connectivity index (χ0n) is 11.1. The molecular formula is C13H19F3O3. The van der Waals surface area contributed by atoms with Crippen molar-refractivity contribution in [3.05, 3.63) is 12.2 Å². The highest BCUT2D eigenvalue weighted by Gasteiger charge is 2.65. The van der Waals surface area contributed by atoms with Crippen molar-refractivity contribution in [3.63, 3.8) is 0 Å². The van der Waals surface area contributed by atoms with Crippen LogP contribution in [0.4, 0.5) is 13.2 Å². The van der Waals surface area contributed by atoms with E-state index in [1.54, 1.807) is 0 Å². The number of rotatable bonds is 3. The molecule has 1 rings (SSSR count). The average Bonchev–Trinajstić information content (AvgIpc) is 2.28. The maximum Gasteiger partial charge on any atom is 0.420 e. The monoisotopic (exact) mass is 280 g/mol. The fourth-order valence-corrected chi connectivity index (χ4v) is 2.33. The molecule has 0 amide bonds. The van der Waals surface area contributed by atoms with E-state index in [1.807, 2.05) is 0 Å². The number of hydrogen-bond donors (Lipinski definition) is 1. The molecule has 1 aliphatic rings. The van der Waals surface area contributed by atoms with Crippen molar-refractivity contribution in [1.82, 2.24) is 0 Å². The molecule has 0 spiro atoms. The van der Waals surface area contributed by atoms with E-state index in [2.05, 4.69) is 6.58 Å². The summed E-state index contributed by atoms with van der Waals surface area (Å²) in [7, 11) is 0. The molecule has 0 heterocycles. The van der Waals surface area contributed by atoms with Gasteiger partial charge in [-0.3, -0.25) is 0 Å². The molecule has 0 aliphatic heterocycles. The Hall–Kier alpha value is -1.04. The molecule has 1 N–H and O–H groups in total. The largest absolute Gasteiger partial charge is 0.452 e. The second-order valence-electron chi connectivity index (χ2n) is 5.29. The molecule has 19 heavy (non-hydrogen) atoms. The van der Waals surface area contributed by atoms with Crippen LogP contribution in [0.2, 0.25) is 0 Å². The molecule has 0 bridgehead atoms. The average molecular weight is 280 g/mol. The van der Waals surface area contributed by atoms with Crippen LogP contribution in [0.25, 0.3) is 0 Å². The van der Waals surface area contributed by atoms with Crippen molar-refractivity contribution in [2.45, 2.75) is 63.3 Å². The number of hydrogen-bond acceptors (Lipinski definition) is 3. The Morgan fingerprint density at radius 1 is 1.26 bits per heavy atom. The molecule has 1 aliphatic carbocycles. The standard InChI is InChI=1S/C13H19F3O3/c1-9(2)10(17)19-12(7-5-4-6-8-12)11(3,18)13(14,15)16/h18H,1,4-8H2,2-3H3. The van der Waals surface area contributed by atoms with Gasteiger partial charge in [-0.2, -0.15) is 13.2 Å². The molecular weight excluding hydrogens is 261 g/mol. The lowest BCUT2D eigenvalue weighted by Gasteiger charge is -2.47. The number of aliphatic hydroxyl groups is 1. The molecule has 1 atom stereocenters. The van der Waals surface area contributed by atoms with Crippen molar-refractivity contribution >= 4 is 5.97 Å². The van der Waals surface area contributed by atoms with Crippen molar-refractivity contribution in [2.75, 3.05) is 0 Å². The number of alkyl halides is 3. The summed E-state index contributed by atoms with van der Waals surface area (Å²) < 4.78 is 44.2. The summed E-state index contributed by atoms with van der Waals surface area (Å²) >= 11 is 0. The van der Waals surface area contributed by atoms with Gasteiger partial charge in [0.2, 0.25) is 0 Å². The van der Waals surface area contributed by atoms with E-state index < -0.39 is 23.3 Å². The van der Waals surface area contributed by atoms with Gasteiger partial charge in [-0.15, -0.1) is 0 Å². The first-order valence-corrected chi connectivity index (χ1v) is 6.21. The van der Waals surface area contributed by atoms with E-state index in [0.29, 0.717) is 19.8 Å². The SMILES string of the molecule is C=C(C)C(=O)OC1(C(C)(O)C(F)(F)F)CCCCC1. The maximum atomic E-state index is 13.1. The highest BCUT2D eigenvalue weighted by Crippen LogP contribution is 2.48. The van der Waals surface area contributed by atoms with Crippen LogP contribution in [-0.2, 0) is 9.53 Å². The highest BCUT2D eigenvalue weighted by molar-refractivity contribution is 5.87. The summed E-state index contributed by atoms with van der Waals surface area (Å²) in [5, 5.41) is 9.93. The lowest BCUT2D eigenvalue weighted by Crippen LogP contribution is -2.63. The summed E-state index contributed by atoms with van der Waals surface area (Å²) in [6.07, 6.45) is -3.14. The third kappa shape index (κ3) is 2.94. The Morgan fingerprint density at radius 2 is 1.74 bits per heavy atom. The van der Waals surface area contributed by atoms with Crippen molar-refractivity contribution in [2.24, 2.45) is 0 Å². The molecule has 0 aromatic rings. The van der Waals surface area contributed by atoms with E-state index >= 15 is 0 Å². The number of esters is 1. The zero-order valence-corrected chi connectivity index (χ0v) is 11.1. The summed E-state index contributed by atoms with van der Waals surface area (Å²) in [6, 6.07) is 0. The summed E-state index contributed by atoms with van der Waals surface area (Å²) in [4.78, 5) is 11.6. The molecule has 0 aromatic heterocycles.